The van der Waals surface area contributed by atoms with Gasteiger partial charge in [0.1, 0.15) is 5.75 Å². The van der Waals surface area contributed by atoms with E-state index >= 15 is 0 Å². The van der Waals surface area contributed by atoms with Crippen LogP contribution in [0.5, 0.6) is 5.75 Å². The molecule has 1 aromatic rings. The normalized spacial score (nSPS) is 25.5. The van der Waals surface area contributed by atoms with Crippen molar-refractivity contribution < 1.29 is 9.84 Å². The van der Waals surface area contributed by atoms with Crippen LogP contribution in [0.25, 0.3) is 0 Å². The summed E-state index contributed by atoms with van der Waals surface area (Å²) in [6.07, 6.45) is -0.479. The van der Waals surface area contributed by atoms with Crippen molar-refractivity contribution in [3.8, 4) is 5.75 Å². The van der Waals surface area contributed by atoms with Gasteiger partial charge in [-0.1, -0.05) is 25.5 Å². The second-order valence-electron chi connectivity index (χ2n) is 5.93. The molecule has 3 heteroatoms. The Balaban J connectivity index is 2.07. The Hall–Kier alpha value is -1.06. The molecule has 3 nitrogen and oxygen atoms in total. The minimum atomic E-state index is -0.479. The summed E-state index contributed by atoms with van der Waals surface area (Å²) in [5.41, 5.74) is 2.05. The maximum atomic E-state index is 10.5. The number of rotatable bonds is 4. The molecule has 1 saturated heterocycles. The SMILES string of the molecule is COc1ccc(C)cc1C(O)CN1CC(C)C(C)C1. The van der Waals surface area contributed by atoms with Gasteiger partial charge in [-0.05, 0) is 30.9 Å². The number of hydrogen-bond acceptors (Lipinski definition) is 3. The number of β-amino-alcohol motifs (C(OH)–C–C–N with tert-alkyl or cyclic N) is 1. The molecule has 1 heterocycles. The Morgan fingerprint density at radius 1 is 1.32 bits per heavy atom. The number of ether oxygens (including phenoxy) is 1. The molecule has 1 aromatic carbocycles. The van der Waals surface area contributed by atoms with Crippen LogP contribution in [0.15, 0.2) is 18.2 Å². The summed E-state index contributed by atoms with van der Waals surface area (Å²) < 4.78 is 5.35. The molecular weight excluding hydrogens is 238 g/mol. The number of aliphatic hydroxyl groups is 1. The van der Waals surface area contributed by atoms with Crippen LogP contribution < -0.4 is 4.74 Å². The fraction of sp³-hybridized carbons (Fsp3) is 0.625. The molecule has 106 valence electrons. The minimum absolute atomic E-state index is 0.479. The first-order chi connectivity index (χ1) is 9.01. The van der Waals surface area contributed by atoms with Crippen LogP contribution in [0.4, 0.5) is 0 Å². The van der Waals surface area contributed by atoms with Crippen LogP contribution in [-0.4, -0.2) is 36.8 Å². The lowest BCUT2D eigenvalue weighted by Gasteiger charge is -2.22. The standard InChI is InChI=1S/C16H25NO2/c1-11-5-6-16(19-4)14(7-11)15(18)10-17-8-12(2)13(3)9-17/h5-7,12-13,15,18H,8-10H2,1-4H3. The number of aliphatic hydroxyl groups excluding tert-OH is 1. The van der Waals surface area contributed by atoms with Crippen molar-refractivity contribution in [3.63, 3.8) is 0 Å². The highest BCUT2D eigenvalue weighted by Crippen LogP contribution is 2.29. The molecule has 0 radical (unpaired) electrons. The summed E-state index contributed by atoms with van der Waals surface area (Å²) in [6, 6.07) is 5.96. The maximum Gasteiger partial charge on any atom is 0.124 e. The topological polar surface area (TPSA) is 32.7 Å². The average molecular weight is 263 g/mol. The summed E-state index contributed by atoms with van der Waals surface area (Å²) in [7, 11) is 1.65. The molecule has 0 spiro atoms. The lowest BCUT2D eigenvalue weighted by Crippen LogP contribution is -2.27. The molecule has 3 unspecified atom stereocenters. The highest BCUT2D eigenvalue weighted by Gasteiger charge is 2.28. The summed E-state index contributed by atoms with van der Waals surface area (Å²) in [4.78, 5) is 2.35. The van der Waals surface area contributed by atoms with Crippen LogP contribution in [0.1, 0.15) is 31.1 Å². The van der Waals surface area contributed by atoms with Gasteiger partial charge in [0.05, 0.1) is 13.2 Å². The van der Waals surface area contributed by atoms with Crippen LogP contribution in [0, 0.1) is 18.8 Å². The van der Waals surface area contributed by atoms with Crippen LogP contribution in [0.2, 0.25) is 0 Å². The van der Waals surface area contributed by atoms with Gasteiger partial charge in [0.15, 0.2) is 0 Å². The molecule has 1 fully saturated rings. The molecule has 1 N–H and O–H groups in total. The van der Waals surface area contributed by atoms with Gasteiger partial charge >= 0.3 is 0 Å². The largest absolute Gasteiger partial charge is 0.496 e. The zero-order valence-electron chi connectivity index (χ0n) is 12.4. The highest BCUT2D eigenvalue weighted by atomic mass is 16.5. The van der Waals surface area contributed by atoms with Gasteiger partial charge in [0.25, 0.3) is 0 Å². The first-order valence-corrected chi connectivity index (χ1v) is 7.06. The van der Waals surface area contributed by atoms with Crippen molar-refractivity contribution in [2.24, 2.45) is 11.8 Å². The van der Waals surface area contributed by atoms with E-state index in [0.29, 0.717) is 18.4 Å². The monoisotopic (exact) mass is 263 g/mol. The van der Waals surface area contributed by atoms with Gasteiger partial charge in [-0.2, -0.15) is 0 Å². The van der Waals surface area contributed by atoms with Gasteiger partial charge in [-0.3, -0.25) is 4.90 Å². The molecule has 1 aliphatic heterocycles. The Bertz CT molecular complexity index is 423. The van der Waals surface area contributed by atoms with Gasteiger partial charge in [-0.25, -0.2) is 0 Å². The van der Waals surface area contributed by atoms with Crippen molar-refractivity contribution >= 4 is 0 Å². The summed E-state index contributed by atoms with van der Waals surface area (Å²) >= 11 is 0. The van der Waals surface area contributed by atoms with E-state index in [1.807, 2.05) is 25.1 Å². The third-order valence-corrected chi connectivity index (χ3v) is 4.24. The lowest BCUT2D eigenvalue weighted by atomic mass is 10.0. The Morgan fingerprint density at radius 2 is 1.95 bits per heavy atom. The lowest BCUT2D eigenvalue weighted by molar-refractivity contribution is 0.121. The van der Waals surface area contributed by atoms with E-state index < -0.39 is 6.10 Å². The second-order valence-corrected chi connectivity index (χ2v) is 5.93. The van der Waals surface area contributed by atoms with E-state index in [9.17, 15) is 5.11 Å². The molecule has 1 aliphatic rings. The Labute approximate surface area is 116 Å². The zero-order chi connectivity index (χ0) is 14.0. The molecule has 3 atom stereocenters. The fourth-order valence-electron chi connectivity index (χ4n) is 2.86. The van der Waals surface area contributed by atoms with Crippen molar-refractivity contribution in [1.29, 1.82) is 0 Å². The second kappa shape index (κ2) is 5.93. The molecule has 0 aromatic heterocycles. The van der Waals surface area contributed by atoms with Crippen molar-refractivity contribution in [1.82, 2.24) is 4.90 Å². The average Bonchev–Trinajstić information content (AvgIpc) is 2.68. The third-order valence-electron chi connectivity index (χ3n) is 4.24. The Kier molecular flexibility index (Phi) is 4.48. The van der Waals surface area contributed by atoms with E-state index in [2.05, 4.69) is 18.7 Å². The van der Waals surface area contributed by atoms with E-state index in [-0.39, 0.29) is 0 Å². The Morgan fingerprint density at radius 3 is 2.53 bits per heavy atom. The number of hydrogen-bond donors (Lipinski definition) is 1. The molecule has 0 amide bonds. The summed E-state index contributed by atoms with van der Waals surface area (Å²) in [5, 5.41) is 10.5. The number of likely N-dealkylation sites (tertiary alicyclic amines) is 1. The van der Waals surface area contributed by atoms with E-state index in [4.69, 9.17) is 4.74 Å². The van der Waals surface area contributed by atoms with Gasteiger partial charge < -0.3 is 9.84 Å². The van der Waals surface area contributed by atoms with E-state index in [1.165, 1.54) is 0 Å². The molecule has 19 heavy (non-hydrogen) atoms. The van der Waals surface area contributed by atoms with Crippen LogP contribution in [0.3, 0.4) is 0 Å². The summed E-state index contributed by atoms with van der Waals surface area (Å²) in [6.45, 7) is 9.44. The van der Waals surface area contributed by atoms with E-state index in [0.717, 1.165) is 30.0 Å². The molecule has 0 bridgehead atoms. The number of aryl methyl sites for hydroxylation is 1. The van der Waals surface area contributed by atoms with Crippen molar-refractivity contribution in [2.75, 3.05) is 26.7 Å². The predicted molar refractivity (Wildman–Crippen MR) is 77.5 cm³/mol. The number of benzene rings is 1. The van der Waals surface area contributed by atoms with Gasteiger partial charge in [-0.15, -0.1) is 0 Å². The number of methoxy groups -OCH3 is 1. The smallest absolute Gasteiger partial charge is 0.124 e. The number of nitrogens with zero attached hydrogens (tertiary/aromatic N) is 1. The maximum absolute atomic E-state index is 10.5. The van der Waals surface area contributed by atoms with Gasteiger partial charge in [0.2, 0.25) is 0 Å². The fourth-order valence-corrected chi connectivity index (χ4v) is 2.86. The summed E-state index contributed by atoms with van der Waals surface area (Å²) in [5.74, 6) is 2.21. The third kappa shape index (κ3) is 3.28. The molecule has 0 saturated carbocycles. The quantitative estimate of drug-likeness (QED) is 0.906. The molecular formula is C16H25NO2. The minimum Gasteiger partial charge on any atom is -0.496 e. The highest BCUT2D eigenvalue weighted by molar-refractivity contribution is 5.38. The van der Waals surface area contributed by atoms with Crippen molar-refractivity contribution in [2.45, 2.75) is 26.9 Å². The molecule has 0 aliphatic carbocycles. The van der Waals surface area contributed by atoms with Gasteiger partial charge in [0, 0.05) is 25.2 Å². The van der Waals surface area contributed by atoms with Crippen molar-refractivity contribution in [3.05, 3.63) is 29.3 Å². The zero-order valence-corrected chi connectivity index (χ0v) is 12.4. The first kappa shape index (κ1) is 14.4. The van der Waals surface area contributed by atoms with Crippen LogP contribution in [-0.2, 0) is 0 Å². The van der Waals surface area contributed by atoms with Crippen LogP contribution >= 0.6 is 0 Å². The first-order valence-electron chi connectivity index (χ1n) is 7.06. The molecule has 2 rings (SSSR count). The predicted octanol–water partition coefficient (Wildman–Crippen LogP) is 2.62. The van der Waals surface area contributed by atoms with E-state index in [1.54, 1.807) is 7.11 Å².